The first-order valence-electron chi connectivity index (χ1n) is 7.53. The summed E-state index contributed by atoms with van der Waals surface area (Å²) >= 11 is 1.28. The molecule has 3 rings (SSSR count). The summed E-state index contributed by atoms with van der Waals surface area (Å²) in [7, 11) is 0. The number of aliphatic carboxylic acids is 1. The first-order chi connectivity index (χ1) is 9.75. The van der Waals surface area contributed by atoms with Gasteiger partial charge in [0.2, 0.25) is 0 Å². The van der Waals surface area contributed by atoms with Crippen molar-refractivity contribution in [2.24, 2.45) is 16.7 Å². The van der Waals surface area contributed by atoms with Gasteiger partial charge in [-0.25, -0.2) is 0 Å². The van der Waals surface area contributed by atoms with Crippen molar-refractivity contribution in [3.05, 3.63) is 5.82 Å². The quantitative estimate of drug-likeness (QED) is 0.818. The van der Waals surface area contributed by atoms with Crippen molar-refractivity contribution in [1.82, 2.24) is 14.8 Å². The Morgan fingerprint density at radius 3 is 2.38 bits per heavy atom. The monoisotopic (exact) mass is 309 g/mol. The van der Waals surface area contributed by atoms with Gasteiger partial charge in [-0.2, -0.15) is 0 Å². The molecule has 0 saturated heterocycles. The molecule has 1 aromatic heterocycles. The number of carboxylic acid groups (broad SMARTS) is 1. The zero-order chi connectivity index (χ0) is 15.4. The lowest BCUT2D eigenvalue weighted by molar-refractivity contribution is -0.133. The van der Waals surface area contributed by atoms with E-state index in [9.17, 15) is 4.79 Å². The van der Waals surface area contributed by atoms with Crippen LogP contribution in [0.15, 0.2) is 5.16 Å². The second-order valence-electron chi connectivity index (χ2n) is 7.40. The van der Waals surface area contributed by atoms with Crippen LogP contribution in [0.3, 0.4) is 0 Å². The van der Waals surface area contributed by atoms with E-state index in [0.717, 1.165) is 17.5 Å². The summed E-state index contributed by atoms with van der Waals surface area (Å²) in [5, 5.41) is 18.2. The summed E-state index contributed by atoms with van der Waals surface area (Å²) in [6.07, 6.45) is 2.36. The van der Waals surface area contributed by atoms with Gasteiger partial charge in [-0.05, 0) is 29.6 Å². The van der Waals surface area contributed by atoms with Gasteiger partial charge in [0.15, 0.2) is 5.16 Å². The van der Waals surface area contributed by atoms with E-state index in [1.807, 2.05) is 0 Å². The molecule has 1 N–H and O–H groups in total. The Morgan fingerprint density at radius 2 is 1.90 bits per heavy atom. The number of nitrogens with zero attached hydrogens (tertiary/aromatic N) is 3. The van der Waals surface area contributed by atoms with Gasteiger partial charge in [-0.1, -0.05) is 39.5 Å². The van der Waals surface area contributed by atoms with Crippen molar-refractivity contribution < 1.29 is 9.90 Å². The number of aromatic nitrogens is 3. The topological polar surface area (TPSA) is 68.0 Å². The highest BCUT2D eigenvalue weighted by molar-refractivity contribution is 7.99. The molecule has 1 heterocycles. The molecule has 0 spiro atoms. The third-order valence-corrected chi connectivity index (χ3v) is 6.65. The summed E-state index contributed by atoms with van der Waals surface area (Å²) in [4.78, 5) is 10.8. The minimum Gasteiger partial charge on any atom is -0.481 e. The molecule has 2 saturated carbocycles. The number of hydrogen-bond acceptors (Lipinski definition) is 4. The Bertz CT molecular complexity index is 561. The van der Waals surface area contributed by atoms with Crippen molar-refractivity contribution in [3.8, 4) is 0 Å². The number of thioether (sulfide) groups is 1. The molecule has 0 aliphatic heterocycles. The van der Waals surface area contributed by atoms with E-state index in [4.69, 9.17) is 5.11 Å². The van der Waals surface area contributed by atoms with Crippen LogP contribution >= 0.6 is 11.8 Å². The summed E-state index contributed by atoms with van der Waals surface area (Å²) in [5.74, 6) is 1.40. The summed E-state index contributed by atoms with van der Waals surface area (Å²) < 4.78 is 2.19. The molecule has 116 valence electrons. The summed E-state index contributed by atoms with van der Waals surface area (Å²) in [6, 6.07) is 0. The molecule has 5 nitrogen and oxygen atoms in total. The van der Waals surface area contributed by atoms with E-state index < -0.39 is 5.97 Å². The normalized spacial score (nSPS) is 23.2. The highest BCUT2D eigenvalue weighted by Gasteiger charge is 2.64. The van der Waals surface area contributed by atoms with Gasteiger partial charge in [0.1, 0.15) is 5.82 Å². The molecule has 6 heteroatoms. The van der Waals surface area contributed by atoms with Crippen LogP contribution in [0.25, 0.3) is 0 Å². The smallest absolute Gasteiger partial charge is 0.313 e. The van der Waals surface area contributed by atoms with Crippen LogP contribution in [0, 0.1) is 16.7 Å². The van der Waals surface area contributed by atoms with Crippen LogP contribution < -0.4 is 0 Å². The number of hydrogen-bond donors (Lipinski definition) is 1. The molecule has 0 aromatic carbocycles. The number of carboxylic acids is 1. The third-order valence-electron chi connectivity index (χ3n) is 5.70. The van der Waals surface area contributed by atoms with Gasteiger partial charge < -0.3 is 9.67 Å². The molecule has 0 radical (unpaired) electrons. The zero-order valence-electron chi connectivity index (χ0n) is 13.1. The standard InChI is InChI=1S/C15H23N3O2S/c1-14(2)10(15(14,3)4)7-18-12(9-5-6-9)16-17-13(18)21-8-11(19)20/h9-10H,5-8H2,1-4H3,(H,19,20). The van der Waals surface area contributed by atoms with E-state index >= 15 is 0 Å². The molecular formula is C15H23N3O2S. The van der Waals surface area contributed by atoms with E-state index in [-0.39, 0.29) is 5.75 Å². The fourth-order valence-electron chi connectivity index (χ4n) is 3.32. The molecule has 21 heavy (non-hydrogen) atoms. The van der Waals surface area contributed by atoms with Crippen molar-refractivity contribution >= 4 is 17.7 Å². The second kappa shape index (κ2) is 4.73. The van der Waals surface area contributed by atoms with Crippen LogP contribution in [0.5, 0.6) is 0 Å². The molecule has 0 atom stereocenters. The Hall–Kier alpha value is -1.04. The molecule has 2 aliphatic carbocycles. The minimum atomic E-state index is -0.811. The minimum absolute atomic E-state index is 0.0419. The van der Waals surface area contributed by atoms with Crippen molar-refractivity contribution in [2.75, 3.05) is 5.75 Å². The van der Waals surface area contributed by atoms with Crippen LogP contribution in [0.1, 0.15) is 52.3 Å². The molecule has 0 unspecified atom stereocenters. The lowest BCUT2D eigenvalue weighted by Crippen LogP contribution is -2.10. The van der Waals surface area contributed by atoms with Gasteiger partial charge in [-0.3, -0.25) is 4.79 Å². The first kappa shape index (κ1) is 14.9. The van der Waals surface area contributed by atoms with Gasteiger partial charge >= 0.3 is 5.97 Å². The van der Waals surface area contributed by atoms with Crippen LogP contribution in [-0.4, -0.2) is 31.6 Å². The fraction of sp³-hybridized carbons (Fsp3) is 0.800. The Labute approximate surface area is 129 Å². The lowest BCUT2D eigenvalue weighted by atomic mass is 10.0. The Morgan fingerprint density at radius 1 is 1.29 bits per heavy atom. The predicted molar refractivity (Wildman–Crippen MR) is 81.4 cm³/mol. The molecule has 0 amide bonds. The largest absolute Gasteiger partial charge is 0.481 e. The maximum atomic E-state index is 10.8. The lowest BCUT2D eigenvalue weighted by Gasteiger charge is -2.10. The first-order valence-corrected chi connectivity index (χ1v) is 8.51. The maximum Gasteiger partial charge on any atom is 0.313 e. The van der Waals surface area contributed by atoms with Crippen molar-refractivity contribution in [2.45, 2.75) is 58.2 Å². The van der Waals surface area contributed by atoms with E-state index in [1.54, 1.807) is 0 Å². The fourth-order valence-corrected chi connectivity index (χ4v) is 4.00. The van der Waals surface area contributed by atoms with Gasteiger partial charge in [0, 0.05) is 12.5 Å². The zero-order valence-corrected chi connectivity index (χ0v) is 13.9. The molecule has 1 aromatic rings. The van der Waals surface area contributed by atoms with Gasteiger partial charge in [0.05, 0.1) is 5.75 Å². The van der Waals surface area contributed by atoms with E-state index in [0.29, 0.717) is 22.7 Å². The summed E-state index contributed by atoms with van der Waals surface area (Å²) in [6.45, 7) is 10.1. The summed E-state index contributed by atoms with van der Waals surface area (Å²) in [5.41, 5.74) is 0.625. The third kappa shape index (κ3) is 2.47. The highest BCUT2D eigenvalue weighted by atomic mass is 32.2. The molecular weight excluding hydrogens is 286 g/mol. The van der Waals surface area contributed by atoms with Gasteiger partial charge in [0.25, 0.3) is 0 Å². The second-order valence-corrected chi connectivity index (χ2v) is 8.35. The Kier molecular flexibility index (Phi) is 3.35. The van der Waals surface area contributed by atoms with E-state index in [2.05, 4.69) is 42.5 Å². The van der Waals surface area contributed by atoms with E-state index in [1.165, 1.54) is 24.6 Å². The van der Waals surface area contributed by atoms with Crippen molar-refractivity contribution in [3.63, 3.8) is 0 Å². The number of rotatable bonds is 6. The average Bonchev–Trinajstić information content (AvgIpc) is 3.22. The predicted octanol–water partition coefficient (Wildman–Crippen LogP) is 3.01. The molecule has 0 bridgehead atoms. The molecule has 2 aliphatic rings. The number of carbonyl (C=O) groups is 1. The van der Waals surface area contributed by atoms with Crippen LogP contribution in [-0.2, 0) is 11.3 Å². The molecule has 2 fully saturated rings. The van der Waals surface area contributed by atoms with Crippen LogP contribution in [0.4, 0.5) is 0 Å². The maximum absolute atomic E-state index is 10.8. The SMILES string of the molecule is CC1(C)C(Cn2c(SCC(=O)O)nnc2C2CC2)C1(C)C. The van der Waals surface area contributed by atoms with Crippen LogP contribution in [0.2, 0.25) is 0 Å². The average molecular weight is 309 g/mol. The highest BCUT2D eigenvalue weighted by Crippen LogP contribution is 2.69. The van der Waals surface area contributed by atoms with Gasteiger partial charge in [-0.15, -0.1) is 10.2 Å². The van der Waals surface area contributed by atoms with Crippen molar-refractivity contribution in [1.29, 1.82) is 0 Å². The Balaban J connectivity index is 1.82.